The Balaban J connectivity index is 2.73. The molecule has 1 saturated heterocycles. The molecule has 9 heteroatoms. The molecule has 1 aliphatic heterocycles. The van der Waals surface area contributed by atoms with Crippen molar-refractivity contribution in [2.24, 2.45) is 10.5 Å². The molecule has 25 heavy (non-hydrogen) atoms. The van der Waals surface area contributed by atoms with Gasteiger partial charge in [-0.05, 0) is 20.3 Å². The molecule has 1 N–H and O–H groups in total. The maximum absolute atomic E-state index is 13.1. The number of carbonyl (C=O) groups is 1. The van der Waals surface area contributed by atoms with Crippen molar-refractivity contribution in [2.45, 2.75) is 45.5 Å². The van der Waals surface area contributed by atoms with Gasteiger partial charge >= 0.3 is 6.18 Å². The van der Waals surface area contributed by atoms with Gasteiger partial charge in [-0.2, -0.15) is 18.3 Å². The minimum atomic E-state index is -4.37. The first-order chi connectivity index (χ1) is 11.4. The van der Waals surface area contributed by atoms with Gasteiger partial charge in [0.1, 0.15) is 5.82 Å². The molecule has 1 fully saturated rings. The van der Waals surface area contributed by atoms with E-state index in [0.29, 0.717) is 0 Å². The predicted octanol–water partition coefficient (Wildman–Crippen LogP) is 3.03. The van der Waals surface area contributed by atoms with Crippen LogP contribution in [0.4, 0.5) is 17.6 Å². The summed E-state index contributed by atoms with van der Waals surface area (Å²) in [7, 11) is 0. The summed E-state index contributed by atoms with van der Waals surface area (Å²) in [4.78, 5) is 12.8. The largest absolute Gasteiger partial charge is 0.395 e. The fraction of sp³-hybridized carbons (Fsp3) is 0.625. The summed E-state index contributed by atoms with van der Waals surface area (Å²) in [6, 6.07) is -0.774. The molecular formula is C16H24F4N4O. The van der Waals surface area contributed by atoms with Gasteiger partial charge in [-0.3, -0.25) is 4.79 Å². The fourth-order valence-electron chi connectivity index (χ4n) is 2.49. The van der Waals surface area contributed by atoms with Crippen molar-refractivity contribution in [1.82, 2.24) is 15.2 Å². The van der Waals surface area contributed by atoms with E-state index in [9.17, 15) is 22.4 Å². The summed E-state index contributed by atoms with van der Waals surface area (Å²) in [5, 5.41) is 7.75. The van der Waals surface area contributed by atoms with E-state index in [-0.39, 0.29) is 31.4 Å². The van der Waals surface area contributed by atoms with Crippen LogP contribution >= 0.6 is 0 Å². The van der Waals surface area contributed by atoms with E-state index in [1.54, 1.807) is 6.92 Å². The summed E-state index contributed by atoms with van der Waals surface area (Å²) in [6.45, 7) is 14.1. The maximum Gasteiger partial charge on any atom is 0.395 e. The molecule has 0 bridgehead atoms. The lowest BCUT2D eigenvalue weighted by Gasteiger charge is -2.50. The average molecular weight is 364 g/mol. The highest BCUT2D eigenvalue weighted by Gasteiger charge is 2.50. The summed E-state index contributed by atoms with van der Waals surface area (Å²) in [5.41, 5.74) is -1.91. The Morgan fingerprint density at radius 2 is 1.96 bits per heavy atom. The minimum Gasteiger partial charge on any atom is -0.370 e. The normalized spacial score (nSPS) is 22.4. The molecule has 0 aromatic rings. The third-order valence-corrected chi connectivity index (χ3v) is 4.82. The molecule has 0 aliphatic carbocycles. The van der Waals surface area contributed by atoms with Crippen LogP contribution in [0, 0.1) is 5.41 Å². The van der Waals surface area contributed by atoms with Crippen molar-refractivity contribution in [2.75, 3.05) is 13.1 Å². The van der Waals surface area contributed by atoms with Gasteiger partial charge in [0, 0.05) is 19.8 Å². The fourth-order valence-corrected chi connectivity index (χ4v) is 2.49. The van der Waals surface area contributed by atoms with Crippen molar-refractivity contribution >= 4 is 12.6 Å². The van der Waals surface area contributed by atoms with Crippen LogP contribution in [0.2, 0.25) is 0 Å². The smallest absolute Gasteiger partial charge is 0.370 e. The number of nitrogens with one attached hydrogen (secondary N) is 1. The number of alkyl halides is 3. The van der Waals surface area contributed by atoms with E-state index < -0.39 is 29.4 Å². The molecule has 0 aromatic carbocycles. The monoisotopic (exact) mass is 364 g/mol. The molecule has 1 heterocycles. The Morgan fingerprint density at radius 1 is 1.40 bits per heavy atom. The average Bonchev–Trinajstić information content (AvgIpc) is 2.53. The van der Waals surface area contributed by atoms with Crippen LogP contribution in [0.5, 0.6) is 0 Å². The number of amides is 1. The molecule has 5 nitrogen and oxygen atoms in total. The number of halogens is 4. The van der Waals surface area contributed by atoms with E-state index in [1.165, 1.54) is 16.8 Å². The first-order valence-electron chi connectivity index (χ1n) is 7.80. The van der Waals surface area contributed by atoms with Crippen LogP contribution in [-0.2, 0) is 4.79 Å². The van der Waals surface area contributed by atoms with E-state index in [1.807, 2.05) is 0 Å². The van der Waals surface area contributed by atoms with Crippen LogP contribution in [0.25, 0.3) is 0 Å². The topological polar surface area (TPSA) is 47.9 Å². The van der Waals surface area contributed by atoms with Gasteiger partial charge in [0.15, 0.2) is 5.83 Å². The first-order valence-corrected chi connectivity index (χ1v) is 7.80. The Kier molecular flexibility index (Phi) is 6.25. The van der Waals surface area contributed by atoms with E-state index in [4.69, 9.17) is 0 Å². The second-order valence-electron chi connectivity index (χ2n) is 6.37. The molecule has 3 unspecified atom stereocenters. The van der Waals surface area contributed by atoms with E-state index >= 15 is 0 Å². The quantitative estimate of drug-likeness (QED) is 0.312. The first kappa shape index (κ1) is 21.0. The molecule has 0 radical (unpaired) electrons. The number of likely N-dealkylation sites (tertiary alicyclic amines) is 1. The zero-order chi connectivity index (χ0) is 19.6. The third kappa shape index (κ3) is 4.13. The Hall–Kier alpha value is -2.06. The van der Waals surface area contributed by atoms with Gasteiger partial charge in [-0.15, -0.1) is 0 Å². The second-order valence-corrected chi connectivity index (χ2v) is 6.37. The van der Waals surface area contributed by atoms with Gasteiger partial charge < -0.3 is 10.2 Å². The summed E-state index contributed by atoms with van der Waals surface area (Å²) < 4.78 is 52.4. The lowest BCUT2D eigenvalue weighted by Crippen LogP contribution is -2.66. The lowest BCUT2D eigenvalue weighted by atomic mass is 9.86. The standard InChI is InChI=1S/C16H24F4N4O/c1-7-15(5,16(18,19)20)9-22-12(4)24(21-6)13-8-23(11(13)3)14(25)10(2)17/h11,13,22H,2,4,6-9H2,1,3,5H3. The van der Waals surface area contributed by atoms with Gasteiger partial charge in [0.2, 0.25) is 0 Å². The minimum absolute atomic E-state index is 0.0982. The number of hydrazone groups is 1. The molecule has 1 amide bonds. The predicted molar refractivity (Wildman–Crippen MR) is 88.2 cm³/mol. The van der Waals surface area contributed by atoms with Crippen molar-refractivity contribution in [3.63, 3.8) is 0 Å². The third-order valence-electron chi connectivity index (χ3n) is 4.82. The summed E-state index contributed by atoms with van der Waals surface area (Å²) in [6.07, 6.45) is -4.46. The molecule has 1 rings (SSSR count). The van der Waals surface area contributed by atoms with Crippen molar-refractivity contribution in [3.05, 3.63) is 24.8 Å². The van der Waals surface area contributed by atoms with Gasteiger partial charge in [0.05, 0.1) is 17.5 Å². The molecule has 0 aromatic heterocycles. The zero-order valence-corrected chi connectivity index (χ0v) is 14.7. The molecule has 0 spiro atoms. The van der Waals surface area contributed by atoms with Crippen LogP contribution < -0.4 is 5.32 Å². The SMILES string of the molecule is C=NN(C(=C)NCC(C)(CC)C(F)(F)F)C1CN(C(=O)C(=C)F)C1C. The van der Waals surface area contributed by atoms with Crippen LogP contribution in [0.3, 0.4) is 0 Å². The molecule has 1 aliphatic rings. The zero-order valence-electron chi connectivity index (χ0n) is 14.7. The van der Waals surface area contributed by atoms with Crippen LogP contribution in [0.15, 0.2) is 29.9 Å². The summed E-state index contributed by atoms with van der Waals surface area (Å²) in [5.74, 6) is -1.74. The lowest BCUT2D eigenvalue weighted by molar-refractivity contribution is -0.217. The molecule has 142 valence electrons. The number of nitrogens with zero attached hydrogens (tertiary/aromatic N) is 3. The van der Waals surface area contributed by atoms with Gasteiger partial charge in [-0.25, -0.2) is 9.40 Å². The van der Waals surface area contributed by atoms with E-state index in [2.05, 4.69) is 30.3 Å². The Bertz CT molecular complexity index is 563. The highest BCUT2D eigenvalue weighted by Crippen LogP contribution is 2.40. The Morgan fingerprint density at radius 3 is 2.32 bits per heavy atom. The van der Waals surface area contributed by atoms with Crippen LogP contribution in [-0.4, -0.2) is 53.9 Å². The number of hydrogen-bond acceptors (Lipinski definition) is 4. The Labute approximate surface area is 145 Å². The van der Waals surface area contributed by atoms with Crippen molar-refractivity contribution < 1.29 is 22.4 Å². The molecule has 0 saturated carbocycles. The summed E-state index contributed by atoms with van der Waals surface area (Å²) >= 11 is 0. The van der Waals surface area contributed by atoms with Gasteiger partial charge in [-0.1, -0.05) is 20.1 Å². The molecule has 3 atom stereocenters. The van der Waals surface area contributed by atoms with E-state index in [0.717, 1.165) is 6.92 Å². The highest BCUT2D eigenvalue weighted by atomic mass is 19.4. The van der Waals surface area contributed by atoms with Crippen molar-refractivity contribution in [3.8, 4) is 0 Å². The van der Waals surface area contributed by atoms with Gasteiger partial charge in [0.25, 0.3) is 5.91 Å². The number of hydrogen-bond donors (Lipinski definition) is 1. The van der Waals surface area contributed by atoms with Crippen LogP contribution in [0.1, 0.15) is 27.2 Å². The number of carbonyl (C=O) groups excluding carboxylic acids is 1. The van der Waals surface area contributed by atoms with Crippen molar-refractivity contribution in [1.29, 1.82) is 0 Å². The second kappa shape index (κ2) is 7.45. The number of rotatable bonds is 8. The molecular weight excluding hydrogens is 340 g/mol. The maximum atomic E-state index is 13.1. The highest BCUT2D eigenvalue weighted by molar-refractivity contribution is 5.91.